The first-order valence-corrected chi connectivity index (χ1v) is 10.8. The Morgan fingerprint density at radius 3 is 2.33 bits per heavy atom. The summed E-state index contributed by atoms with van der Waals surface area (Å²) in [5.41, 5.74) is 2.66. The number of nitrogens with zero attached hydrogens (tertiary/aromatic N) is 2. The van der Waals surface area contributed by atoms with Crippen molar-refractivity contribution < 1.29 is 32.8 Å². The van der Waals surface area contributed by atoms with Gasteiger partial charge in [0.2, 0.25) is 0 Å². The second-order valence-corrected chi connectivity index (χ2v) is 8.47. The number of quaternary nitrogens is 1. The summed E-state index contributed by atoms with van der Waals surface area (Å²) in [7, 11) is 0. The number of benzene rings is 2. The Morgan fingerprint density at radius 2 is 1.70 bits per heavy atom. The largest absolute Gasteiger partial charge is 0.858 e. The lowest BCUT2D eigenvalue weighted by atomic mass is 9.89. The van der Waals surface area contributed by atoms with E-state index in [1.807, 2.05) is 12.1 Å². The monoisotopic (exact) mass is 455 g/mol. The summed E-state index contributed by atoms with van der Waals surface area (Å²) in [6.07, 6.45) is 0.651. The van der Waals surface area contributed by atoms with Crippen LogP contribution in [0.25, 0.3) is 6.08 Å². The Morgan fingerprint density at radius 1 is 1.03 bits per heavy atom. The van der Waals surface area contributed by atoms with Crippen LogP contribution in [0.5, 0.6) is 0 Å². The van der Waals surface area contributed by atoms with Crippen LogP contribution in [0.1, 0.15) is 35.1 Å². The van der Waals surface area contributed by atoms with E-state index in [1.165, 1.54) is 33.9 Å². The van der Waals surface area contributed by atoms with Crippen LogP contribution in [-0.2, 0) is 23.8 Å². The van der Waals surface area contributed by atoms with Crippen molar-refractivity contribution >= 4 is 35.3 Å². The van der Waals surface area contributed by atoms with Gasteiger partial charge in [0.05, 0.1) is 29.9 Å². The topological polar surface area (TPSA) is 77.2 Å². The first-order valence-electron chi connectivity index (χ1n) is 10.8. The quantitative estimate of drug-likeness (QED) is 0.707. The predicted molar refractivity (Wildman–Crippen MR) is 113 cm³/mol. The Labute approximate surface area is 187 Å². The lowest BCUT2D eigenvalue weighted by Gasteiger charge is -2.32. The van der Waals surface area contributed by atoms with Gasteiger partial charge in [-0.1, -0.05) is 6.07 Å². The summed E-state index contributed by atoms with van der Waals surface area (Å²) in [5, 5.41) is 12.4. The minimum absolute atomic E-state index is 0.290. The number of anilines is 1. The average Bonchev–Trinajstić information content (AvgIpc) is 2.76. The van der Waals surface area contributed by atoms with Crippen LogP contribution in [0, 0.1) is 0 Å². The molecule has 0 atom stereocenters. The second-order valence-electron chi connectivity index (χ2n) is 8.47. The Bertz CT molecular complexity index is 1200. The third-order valence-electron chi connectivity index (χ3n) is 6.32. The van der Waals surface area contributed by atoms with Gasteiger partial charge in [0.25, 0.3) is 5.91 Å². The Hall–Kier alpha value is -3.46. The van der Waals surface area contributed by atoms with E-state index in [1.54, 1.807) is 0 Å². The molecule has 3 aliphatic heterocycles. The molecule has 2 aromatic rings. The molecule has 0 spiro atoms. The van der Waals surface area contributed by atoms with Crippen molar-refractivity contribution in [2.24, 2.45) is 4.99 Å². The molecule has 0 aliphatic carbocycles. The molecule has 3 heterocycles. The second kappa shape index (κ2) is 7.84. The summed E-state index contributed by atoms with van der Waals surface area (Å²) in [4.78, 5) is 30.8. The van der Waals surface area contributed by atoms with Crippen LogP contribution in [-0.4, -0.2) is 30.9 Å². The van der Waals surface area contributed by atoms with E-state index in [0.717, 1.165) is 50.9 Å². The Balaban J connectivity index is 1.55. The van der Waals surface area contributed by atoms with Crippen LogP contribution in [0.4, 0.5) is 29.3 Å². The normalized spacial score (nSPS) is 20.2. The molecule has 3 amide bonds. The molecule has 3 aliphatic rings. The standard InChI is InChI=1S/C24H20F3N3O3/c25-24(26,27)17-6-1-7-18(13-17)30-22(32)19(21(31)28-23(30)33)12-14-10-15-4-2-8-29-9-3-5-16(11-14)20(15)29/h1,6-7,10-13H,2-5,8-9H2,(H,28,31,33). The molecule has 0 radical (unpaired) electrons. The summed E-state index contributed by atoms with van der Waals surface area (Å²) >= 11 is 0. The Kier molecular flexibility index (Phi) is 5.08. The number of hydrogen-bond donors (Lipinski definition) is 1. The number of nitrogens with one attached hydrogen (secondary N) is 1. The number of imide groups is 1. The maximum absolute atomic E-state index is 13.1. The van der Waals surface area contributed by atoms with Gasteiger partial charge in [-0.25, -0.2) is 14.7 Å². The lowest BCUT2D eigenvalue weighted by Crippen LogP contribution is -3.09. The van der Waals surface area contributed by atoms with Gasteiger partial charge in [0.15, 0.2) is 0 Å². The van der Waals surface area contributed by atoms with Crippen molar-refractivity contribution in [1.82, 2.24) is 0 Å². The van der Waals surface area contributed by atoms with Crippen LogP contribution in [0.3, 0.4) is 0 Å². The number of urea groups is 1. The summed E-state index contributed by atoms with van der Waals surface area (Å²) in [6.45, 7) is 2.18. The number of rotatable bonds is 2. The molecule has 6 nitrogen and oxygen atoms in total. The maximum Gasteiger partial charge on any atom is 0.416 e. The molecular formula is C24H20F3N3O3. The van der Waals surface area contributed by atoms with Crippen LogP contribution >= 0.6 is 0 Å². The zero-order valence-electron chi connectivity index (χ0n) is 17.5. The van der Waals surface area contributed by atoms with Gasteiger partial charge < -0.3 is 10.0 Å². The molecule has 0 bridgehead atoms. The average molecular weight is 455 g/mol. The third-order valence-corrected chi connectivity index (χ3v) is 6.32. The van der Waals surface area contributed by atoms with Crippen LogP contribution in [0.2, 0.25) is 0 Å². The molecule has 5 rings (SSSR count). The fourth-order valence-corrected chi connectivity index (χ4v) is 4.92. The highest BCUT2D eigenvalue weighted by atomic mass is 19.4. The minimum atomic E-state index is -4.65. The number of aliphatic imine (C=N–C) groups is 1. The first kappa shape index (κ1) is 21.4. The molecule has 170 valence electrons. The number of carbonyl (C=O) groups excluding carboxylic acids is 2. The fraction of sp³-hybridized carbons (Fsp3) is 0.292. The van der Waals surface area contributed by atoms with E-state index in [-0.39, 0.29) is 11.3 Å². The van der Waals surface area contributed by atoms with Gasteiger partial charge in [-0.3, -0.25) is 4.79 Å². The first-order chi connectivity index (χ1) is 15.7. The van der Waals surface area contributed by atoms with Crippen molar-refractivity contribution in [3.63, 3.8) is 0 Å². The van der Waals surface area contributed by atoms with E-state index < -0.39 is 29.6 Å². The molecule has 33 heavy (non-hydrogen) atoms. The van der Waals surface area contributed by atoms with Gasteiger partial charge in [0, 0.05) is 29.9 Å². The number of carbonyl (C=O) groups is 2. The molecule has 9 heteroatoms. The van der Waals surface area contributed by atoms with Gasteiger partial charge in [-0.2, -0.15) is 13.2 Å². The maximum atomic E-state index is 13.1. The SMILES string of the molecule is O=C1N=C([O-])C(=Cc2cc3c4c(c2)CCC[NH+]4CCC3)C(=O)N1c1cccc(C(F)(F)F)c1. The molecule has 0 saturated carbocycles. The van der Waals surface area contributed by atoms with Crippen molar-refractivity contribution in [3.05, 3.63) is 64.2 Å². The minimum Gasteiger partial charge on any atom is -0.858 e. The number of aryl methyl sites for hydroxylation is 2. The smallest absolute Gasteiger partial charge is 0.416 e. The van der Waals surface area contributed by atoms with Crippen molar-refractivity contribution in [2.75, 3.05) is 18.0 Å². The predicted octanol–water partition coefficient (Wildman–Crippen LogP) is 2.42. The summed E-state index contributed by atoms with van der Waals surface area (Å²) in [5.74, 6) is -1.98. The molecule has 0 aromatic heterocycles. The third kappa shape index (κ3) is 3.82. The molecule has 2 aromatic carbocycles. The van der Waals surface area contributed by atoms with E-state index in [2.05, 4.69) is 4.99 Å². The van der Waals surface area contributed by atoms with E-state index in [0.29, 0.717) is 16.5 Å². The van der Waals surface area contributed by atoms with Gasteiger partial charge in [-0.15, -0.1) is 0 Å². The number of halogens is 3. The summed E-state index contributed by atoms with van der Waals surface area (Å²) < 4.78 is 39.4. The van der Waals surface area contributed by atoms with Crippen molar-refractivity contribution in [3.8, 4) is 0 Å². The van der Waals surface area contributed by atoms with Gasteiger partial charge in [0.1, 0.15) is 5.69 Å². The summed E-state index contributed by atoms with van der Waals surface area (Å²) in [6, 6.07) is 6.52. The van der Waals surface area contributed by atoms with Crippen molar-refractivity contribution in [2.45, 2.75) is 31.9 Å². The van der Waals surface area contributed by atoms with Gasteiger partial charge >= 0.3 is 12.2 Å². The van der Waals surface area contributed by atoms with E-state index in [4.69, 9.17) is 0 Å². The van der Waals surface area contributed by atoms with Crippen LogP contribution in [0.15, 0.2) is 47.0 Å². The van der Waals surface area contributed by atoms with Gasteiger partial charge in [-0.05, 0) is 54.8 Å². The number of hydrogen-bond acceptors (Lipinski definition) is 3. The molecular weight excluding hydrogens is 435 g/mol. The molecule has 0 fully saturated rings. The lowest BCUT2D eigenvalue weighted by molar-refractivity contribution is -0.838. The highest BCUT2D eigenvalue weighted by Crippen LogP contribution is 2.33. The zero-order chi connectivity index (χ0) is 23.3. The molecule has 0 unspecified atom stereocenters. The van der Waals surface area contributed by atoms with Crippen molar-refractivity contribution in [1.29, 1.82) is 0 Å². The van der Waals surface area contributed by atoms with E-state index >= 15 is 0 Å². The highest BCUT2D eigenvalue weighted by molar-refractivity contribution is 6.36. The zero-order valence-corrected chi connectivity index (χ0v) is 17.5. The molecule has 1 N–H and O–H groups in total. The number of amides is 3. The van der Waals surface area contributed by atoms with E-state index in [9.17, 15) is 27.9 Å². The number of alkyl halides is 3. The molecule has 0 saturated heterocycles. The fourth-order valence-electron chi connectivity index (χ4n) is 4.92. The van der Waals surface area contributed by atoms with Crippen LogP contribution < -0.4 is 14.9 Å². The highest BCUT2D eigenvalue weighted by Gasteiger charge is 2.35.